The molecule has 0 spiro atoms. The number of rotatable bonds is 4. The van der Waals surface area contributed by atoms with Gasteiger partial charge in [0.15, 0.2) is 5.82 Å². The minimum Gasteiger partial charge on any atom is -0.379 e. The van der Waals surface area contributed by atoms with E-state index in [4.69, 9.17) is 23.2 Å². The van der Waals surface area contributed by atoms with Gasteiger partial charge in [-0.15, -0.1) is 0 Å². The molecule has 20 heavy (non-hydrogen) atoms. The van der Waals surface area contributed by atoms with Gasteiger partial charge in [0.25, 0.3) is 5.92 Å². The van der Waals surface area contributed by atoms with E-state index in [1.807, 2.05) is 0 Å². The third-order valence-corrected chi connectivity index (χ3v) is 3.24. The molecule has 2 aromatic rings. The Balaban J connectivity index is 2.12. The lowest BCUT2D eigenvalue weighted by Crippen LogP contribution is -2.24. The molecule has 0 unspecified atom stereocenters. The lowest BCUT2D eigenvalue weighted by molar-refractivity contribution is 0.0106. The van der Waals surface area contributed by atoms with Crippen molar-refractivity contribution in [3.8, 4) is 0 Å². The van der Waals surface area contributed by atoms with E-state index in [2.05, 4.69) is 5.32 Å². The van der Waals surface area contributed by atoms with Crippen molar-refractivity contribution in [3.63, 3.8) is 0 Å². The molecule has 0 aliphatic rings. The number of nitrogens with one attached hydrogen (secondary N) is 1. The van der Waals surface area contributed by atoms with Crippen molar-refractivity contribution in [2.45, 2.75) is 5.92 Å². The third kappa shape index (κ3) is 3.38. The number of alkyl halides is 2. The molecule has 0 aliphatic carbocycles. The maximum Gasteiger partial charge on any atom is 0.290 e. The summed E-state index contributed by atoms with van der Waals surface area (Å²) in [5, 5.41) is 2.07. The maximum absolute atomic E-state index is 13.9. The number of hydrogen-bond acceptors (Lipinski definition) is 1. The van der Waals surface area contributed by atoms with Crippen molar-refractivity contribution in [1.82, 2.24) is 0 Å². The Kier molecular flexibility index (Phi) is 4.45. The zero-order chi connectivity index (χ0) is 14.8. The molecule has 106 valence electrons. The highest BCUT2D eigenvalue weighted by molar-refractivity contribution is 6.35. The highest BCUT2D eigenvalue weighted by Gasteiger charge is 2.31. The van der Waals surface area contributed by atoms with E-state index in [0.717, 1.165) is 0 Å². The predicted molar refractivity (Wildman–Crippen MR) is 75.2 cm³/mol. The van der Waals surface area contributed by atoms with Crippen LogP contribution in [0.25, 0.3) is 0 Å². The molecule has 2 rings (SSSR count). The number of hydrogen-bond donors (Lipinski definition) is 1. The first kappa shape index (κ1) is 15.0. The van der Waals surface area contributed by atoms with E-state index in [9.17, 15) is 13.2 Å². The smallest absolute Gasteiger partial charge is 0.290 e. The molecule has 0 saturated heterocycles. The van der Waals surface area contributed by atoms with E-state index in [0.29, 0.717) is 0 Å². The number of benzene rings is 2. The molecule has 0 radical (unpaired) electrons. The van der Waals surface area contributed by atoms with Gasteiger partial charge < -0.3 is 5.32 Å². The first-order valence-electron chi connectivity index (χ1n) is 5.72. The van der Waals surface area contributed by atoms with Crippen LogP contribution in [-0.4, -0.2) is 6.54 Å². The summed E-state index contributed by atoms with van der Waals surface area (Å²) in [5.74, 6) is -3.83. The Morgan fingerprint density at radius 1 is 1.00 bits per heavy atom. The van der Waals surface area contributed by atoms with Crippen LogP contribution < -0.4 is 5.32 Å². The molecule has 1 nitrogen and oxygen atoms in total. The zero-order valence-corrected chi connectivity index (χ0v) is 11.7. The molecule has 0 amide bonds. The average molecular weight is 320 g/mol. The van der Waals surface area contributed by atoms with Gasteiger partial charge in [0, 0.05) is 11.3 Å². The van der Waals surface area contributed by atoms with Crippen LogP contribution in [0.2, 0.25) is 10.0 Å². The van der Waals surface area contributed by atoms with Gasteiger partial charge in [0.2, 0.25) is 0 Å². The molecule has 0 heterocycles. The zero-order valence-electron chi connectivity index (χ0n) is 10.1. The molecule has 0 fully saturated rings. The summed E-state index contributed by atoms with van der Waals surface area (Å²) < 4.78 is 41.0. The Morgan fingerprint density at radius 3 is 2.10 bits per heavy atom. The molecule has 0 aliphatic heterocycles. The maximum atomic E-state index is 13.9. The third-order valence-electron chi connectivity index (χ3n) is 2.69. The Bertz CT molecular complexity index is 580. The molecular weight excluding hydrogens is 310 g/mol. The van der Waals surface area contributed by atoms with Gasteiger partial charge >= 0.3 is 0 Å². The molecule has 0 aromatic heterocycles. The largest absolute Gasteiger partial charge is 0.379 e. The first-order chi connectivity index (χ1) is 9.40. The highest BCUT2D eigenvalue weighted by atomic mass is 35.5. The van der Waals surface area contributed by atoms with Crippen LogP contribution in [0, 0.1) is 5.82 Å². The van der Waals surface area contributed by atoms with Crippen LogP contribution in [0.4, 0.5) is 18.9 Å². The fraction of sp³-hybridized carbons (Fsp3) is 0.143. The quantitative estimate of drug-likeness (QED) is 0.750. The molecule has 0 saturated carbocycles. The second-order valence-electron chi connectivity index (χ2n) is 4.18. The summed E-state index contributed by atoms with van der Waals surface area (Å²) in [6.45, 7) is -0.644. The summed E-state index contributed by atoms with van der Waals surface area (Å²) >= 11 is 11.2. The summed E-state index contributed by atoms with van der Waals surface area (Å²) in [7, 11) is 0. The van der Waals surface area contributed by atoms with E-state index in [1.54, 1.807) is 6.07 Å². The van der Waals surface area contributed by atoms with Gasteiger partial charge in [-0.2, -0.15) is 8.78 Å². The minimum atomic E-state index is -3.06. The van der Waals surface area contributed by atoms with Crippen LogP contribution in [0.3, 0.4) is 0 Å². The van der Waals surface area contributed by atoms with Gasteiger partial charge in [0.05, 0.1) is 16.6 Å². The van der Waals surface area contributed by atoms with E-state index < -0.39 is 18.3 Å². The van der Waals surface area contributed by atoms with Gasteiger partial charge in [-0.3, -0.25) is 0 Å². The lowest BCUT2D eigenvalue weighted by atomic mass is 10.1. The second-order valence-corrected chi connectivity index (χ2v) is 4.99. The fourth-order valence-electron chi connectivity index (χ4n) is 1.65. The summed E-state index contributed by atoms with van der Waals surface area (Å²) in [4.78, 5) is 0. The Hall–Kier alpha value is -1.39. The normalized spacial score (nSPS) is 11.4. The van der Waals surface area contributed by atoms with Crippen molar-refractivity contribution in [1.29, 1.82) is 0 Å². The molecular formula is C14H10Cl2F3N. The van der Waals surface area contributed by atoms with Crippen molar-refractivity contribution >= 4 is 28.9 Å². The topological polar surface area (TPSA) is 12.0 Å². The summed E-state index contributed by atoms with van der Waals surface area (Å²) in [5.41, 5.74) is 0.129. The van der Waals surface area contributed by atoms with Crippen molar-refractivity contribution in [3.05, 3.63) is 63.9 Å². The molecule has 6 heteroatoms. The standard InChI is InChI=1S/C14H10Cl2F3N/c15-11-6-10(7-12(16)13(11)17)20-8-14(18,19)9-4-2-1-3-5-9/h1-7,20H,8H2. The van der Waals surface area contributed by atoms with Gasteiger partial charge in [0.1, 0.15) is 0 Å². The molecule has 0 bridgehead atoms. The van der Waals surface area contributed by atoms with Crippen molar-refractivity contribution in [2.24, 2.45) is 0 Å². The lowest BCUT2D eigenvalue weighted by Gasteiger charge is -2.18. The fourth-order valence-corrected chi connectivity index (χ4v) is 2.14. The number of halogens is 5. The molecule has 1 N–H and O–H groups in total. The molecule has 0 atom stereocenters. The van der Waals surface area contributed by atoms with Crippen LogP contribution in [0.15, 0.2) is 42.5 Å². The Morgan fingerprint density at radius 2 is 1.55 bits per heavy atom. The van der Waals surface area contributed by atoms with Crippen molar-refractivity contribution in [2.75, 3.05) is 11.9 Å². The Labute approximate surface area is 124 Å². The first-order valence-corrected chi connectivity index (χ1v) is 6.47. The number of anilines is 1. The van der Waals surface area contributed by atoms with E-state index in [-0.39, 0.29) is 21.3 Å². The van der Waals surface area contributed by atoms with Crippen LogP contribution in [0.5, 0.6) is 0 Å². The van der Waals surface area contributed by atoms with Crippen LogP contribution in [-0.2, 0) is 5.92 Å². The molecule has 2 aromatic carbocycles. The second kappa shape index (κ2) is 5.94. The average Bonchev–Trinajstić information content (AvgIpc) is 2.43. The van der Waals surface area contributed by atoms with Gasteiger partial charge in [-0.05, 0) is 12.1 Å². The minimum absolute atomic E-state index is 0.105. The SMILES string of the molecule is Fc1c(Cl)cc(NCC(F)(F)c2ccccc2)cc1Cl. The monoisotopic (exact) mass is 319 g/mol. The van der Waals surface area contributed by atoms with Gasteiger partial charge in [-0.25, -0.2) is 4.39 Å². The summed E-state index contributed by atoms with van der Waals surface area (Å²) in [6.07, 6.45) is 0. The van der Waals surface area contributed by atoms with E-state index >= 15 is 0 Å². The van der Waals surface area contributed by atoms with Gasteiger partial charge in [-0.1, -0.05) is 53.5 Å². The predicted octanol–water partition coefficient (Wildman–Crippen LogP) is 5.34. The van der Waals surface area contributed by atoms with Crippen LogP contribution >= 0.6 is 23.2 Å². The van der Waals surface area contributed by atoms with Crippen molar-refractivity contribution < 1.29 is 13.2 Å². The van der Waals surface area contributed by atoms with E-state index in [1.165, 1.54) is 36.4 Å². The summed E-state index contributed by atoms with van der Waals surface area (Å²) in [6, 6.07) is 9.84. The highest BCUT2D eigenvalue weighted by Crippen LogP contribution is 2.31. The van der Waals surface area contributed by atoms with Crippen LogP contribution in [0.1, 0.15) is 5.56 Å².